The second-order valence-electron chi connectivity index (χ2n) is 4.70. The van der Waals surface area contributed by atoms with Gasteiger partial charge in [0.15, 0.2) is 6.40 Å². The summed E-state index contributed by atoms with van der Waals surface area (Å²) in [5.41, 5.74) is -1.39. The highest BCUT2D eigenvalue weighted by Crippen LogP contribution is 2.05. The molecule has 2 N–H and O–H groups in total. The van der Waals surface area contributed by atoms with Crippen LogP contribution < -0.4 is 16.3 Å². The van der Waals surface area contributed by atoms with Crippen LogP contribution in [0.1, 0.15) is 20.8 Å². The Labute approximate surface area is 126 Å². The van der Waals surface area contributed by atoms with Gasteiger partial charge in [0, 0.05) is 18.5 Å². The van der Waals surface area contributed by atoms with E-state index in [1.165, 1.54) is 0 Å². The molecule has 0 unspecified atom stereocenters. The first-order valence-corrected chi connectivity index (χ1v) is 6.82. The van der Waals surface area contributed by atoms with Gasteiger partial charge in [-0.25, -0.2) is 9.59 Å². The standard InChI is InChI=1S/C11H19ClN6O3/c1-5-21-7-14-17-8(13-4)16-18(10(17)20)9(19)15-11(2,3)6-12/h7H,5-6H2,1-4H3,(H,13,16)(H,15,19)/b14-7+. The highest BCUT2D eigenvalue weighted by atomic mass is 35.5. The number of amides is 1. The number of ether oxygens (including phenoxy) is 1. The Hall–Kier alpha value is -2.03. The van der Waals surface area contributed by atoms with E-state index in [0.29, 0.717) is 11.3 Å². The second-order valence-corrected chi connectivity index (χ2v) is 4.97. The van der Waals surface area contributed by atoms with E-state index in [2.05, 4.69) is 20.8 Å². The predicted molar refractivity (Wildman–Crippen MR) is 80.3 cm³/mol. The summed E-state index contributed by atoms with van der Waals surface area (Å²) in [6.45, 7) is 5.64. The highest BCUT2D eigenvalue weighted by Gasteiger charge is 2.24. The summed E-state index contributed by atoms with van der Waals surface area (Å²) >= 11 is 5.73. The average molecular weight is 319 g/mol. The Balaban J connectivity index is 3.10. The number of halogens is 1. The van der Waals surface area contributed by atoms with E-state index in [9.17, 15) is 9.59 Å². The van der Waals surface area contributed by atoms with Crippen molar-refractivity contribution in [3.05, 3.63) is 10.5 Å². The van der Waals surface area contributed by atoms with E-state index in [-0.39, 0.29) is 11.8 Å². The molecule has 0 saturated carbocycles. The van der Waals surface area contributed by atoms with Gasteiger partial charge in [0.1, 0.15) is 0 Å². The average Bonchev–Trinajstić information content (AvgIpc) is 2.76. The molecule has 10 heteroatoms. The summed E-state index contributed by atoms with van der Waals surface area (Å²) in [7, 11) is 1.55. The van der Waals surface area contributed by atoms with Crippen LogP contribution in [0.5, 0.6) is 0 Å². The Kier molecular flexibility index (Phi) is 5.77. The molecule has 0 atom stereocenters. The monoisotopic (exact) mass is 318 g/mol. The first-order chi connectivity index (χ1) is 9.86. The van der Waals surface area contributed by atoms with Gasteiger partial charge in [-0.3, -0.25) is 0 Å². The zero-order chi connectivity index (χ0) is 16.0. The number of nitrogens with zero attached hydrogens (tertiary/aromatic N) is 4. The summed E-state index contributed by atoms with van der Waals surface area (Å²) in [6.07, 6.45) is 1.11. The normalized spacial score (nSPS) is 11.7. The molecule has 1 aromatic heterocycles. The lowest BCUT2D eigenvalue weighted by Crippen LogP contribution is -2.49. The van der Waals surface area contributed by atoms with Gasteiger partial charge >= 0.3 is 11.7 Å². The fourth-order valence-corrected chi connectivity index (χ4v) is 1.35. The fraction of sp³-hybridized carbons (Fsp3) is 0.636. The quantitative estimate of drug-likeness (QED) is 0.451. The van der Waals surface area contributed by atoms with E-state index in [1.807, 2.05) is 0 Å². The first kappa shape index (κ1) is 17.0. The number of carbonyl (C=O) groups excluding carboxylic acids is 1. The zero-order valence-electron chi connectivity index (χ0n) is 12.4. The van der Waals surface area contributed by atoms with Crippen molar-refractivity contribution in [1.29, 1.82) is 0 Å². The lowest BCUT2D eigenvalue weighted by molar-refractivity contribution is 0.230. The van der Waals surface area contributed by atoms with Gasteiger partial charge in [-0.1, -0.05) is 0 Å². The molecule has 9 nitrogen and oxygen atoms in total. The van der Waals surface area contributed by atoms with Crippen molar-refractivity contribution in [2.24, 2.45) is 5.10 Å². The Morgan fingerprint density at radius 1 is 1.57 bits per heavy atom. The molecule has 1 heterocycles. The van der Waals surface area contributed by atoms with Crippen molar-refractivity contribution in [1.82, 2.24) is 19.8 Å². The first-order valence-electron chi connectivity index (χ1n) is 6.29. The number of alkyl halides is 1. The summed E-state index contributed by atoms with van der Waals surface area (Å²) in [4.78, 5) is 24.2. The molecule has 0 bridgehead atoms. The van der Waals surface area contributed by atoms with Crippen LogP contribution in [0.3, 0.4) is 0 Å². The lowest BCUT2D eigenvalue weighted by atomic mass is 10.1. The minimum absolute atomic E-state index is 0.106. The van der Waals surface area contributed by atoms with E-state index < -0.39 is 17.3 Å². The van der Waals surface area contributed by atoms with Crippen LogP contribution in [-0.4, -0.2) is 52.0 Å². The number of hydrogen-bond acceptors (Lipinski definition) is 6. The molecule has 1 rings (SSSR count). The molecule has 0 radical (unpaired) electrons. The van der Waals surface area contributed by atoms with Gasteiger partial charge in [0.05, 0.1) is 6.61 Å². The minimum Gasteiger partial charge on any atom is -0.482 e. The van der Waals surface area contributed by atoms with Crippen LogP contribution in [0.25, 0.3) is 0 Å². The summed E-state index contributed by atoms with van der Waals surface area (Å²) in [5, 5.41) is 12.9. The number of carbonyl (C=O) groups is 1. The molecule has 1 amide bonds. The van der Waals surface area contributed by atoms with Crippen LogP contribution >= 0.6 is 11.6 Å². The lowest BCUT2D eigenvalue weighted by Gasteiger charge is -2.22. The number of aromatic nitrogens is 3. The van der Waals surface area contributed by atoms with E-state index in [1.54, 1.807) is 27.8 Å². The molecule has 0 fully saturated rings. The molecule has 0 saturated heterocycles. The van der Waals surface area contributed by atoms with Crippen LogP contribution in [0.2, 0.25) is 0 Å². The smallest absolute Gasteiger partial charge is 0.377 e. The van der Waals surface area contributed by atoms with Gasteiger partial charge in [-0.15, -0.1) is 31.2 Å². The maximum atomic E-state index is 12.1. The molecular weight excluding hydrogens is 300 g/mol. The van der Waals surface area contributed by atoms with Gasteiger partial charge in [0.25, 0.3) is 0 Å². The maximum absolute atomic E-state index is 12.1. The molecular formula is C11H19ClN6O3. The van der Waals surface area contributed by atoms with Crippen LogP contribution in [-0.2, 0) is 4.74 Å². The topological polar surface area (TPSA) is 103 Å². The zero-order valence-corrected chi connectivity index (χ0v) is 13.1. The van der Waals surface area contributed by atoms with Crippen LogP contribution in [0.15, 0.2) is 9.90 Å². The van der Waals surface area contributed by atoms with E-state index >= 15 is 0 Å². The number of anilines is 1. The van der Waals surface area contributed by atoms with Crippen LogP contribution in [0, 0.1) is 0 Å². The molecule has 0 aliphatic carbocycles. The Bertz CT molecular complexity index is 577. The van der Waals surface area contributed by atoms with Gasteiger partial charge in [-0.2, -0.15) is 0 Å². The summed E-state index contributed by atoms with van der Waals surface area (Å²) in [6, 6.07) is -0.687. The Morgan fingerprint density at radius 2 is 2.24 bits per heavy atom. The van der Waals surface area contributed by atoms with E-state index in [4.69, 9.17) is 16.3 Å². The van der Waals surface area contributed by atoms with Crippen molar-refractivity contribution >= 4 is 30.0 Å². The van der Waals surface area contributed by atoms with E-state index in [0.717, 1.165) is 11.1 Å². The minimum atomic E-state index is -0.724. The molecule has 0 aliphatic heterocycles. The van der Waals surface area contributed by atoms with Gasteiger partial charge < -0.3 is 15.4 Å². The van der Waals surface area contributed by atoms with Crippen molar-refractivity contribution in [2.45, 2.75) is 26.3 Å². The third-order valence-electron chi connectivity index (χ3n) is 2.36. The molecule has 0 aliphatic rings. The SMILES string of the molecule is CCO/C=N/n1c(NC)nn(C(=O)NC(C)(C)CCl)c1=O. The largest absolute Gasteiger partial charge is 0.482 e. The van der Waals surface area contributed by atoms with Gasteiger partial charge in [-0.05, 0) is 20.8 Å². The third kappa shape index (κ3) is 4.22. The van der Waals surface area contributed by atoms with Crippen molar-refractivity contribution in [3.63, 3.8) is 0 Å². The molecule has 0 aromatic carbocycles. The number of rotatable bonds is 6. The molecule has 21 heavy (non-hydrogen) atoms. The van der Waals surface area contributed by atoms with Crippen molar-refractivity contribution < 1.29 is 9.53 Å². The Morgan fingerprint density at radius 3 is 2.76 bits per heavy atom. The molecule has 0 spiro atoms. The van der Waals surface area contributed by atoms with Crippen molar-refractivity contribution in [3.8, 4) is 0 Å². The fourth-order valence-electron chi connectivity index (χ4n) is 1.28. The van der Waals surface area contributed by atoms with Gasteiger partial charge in [0.2, 0.25) is 5.95 Å². The summed E-state index contributed by atoms with van der Waals surface area (Å²) < 4.78 is 6.52. The molecule has 1 aromatic rings. The number of hydrogen-bond donors (Lipinski definition) is 2. The highest BCUT2D eigenvalue weighted by molar-refractivity contribution is 6.18. The summed E-state index contributed by atoms with van der Waals surface area (Å²) in [5.74, 6) is 0.296. The van der Waals surface area contributed by atoms with Crippen LogP contribution in [0.4, 0.5) is 10.7 Å². The molecule has 118 valence electrons. The second kappa shape index (κ2) is 7.11. The maximum Gasteiger partial charge on any atom is 0.377 e. The number of nitrogens with one attached hydrogen (secondary N) is 2. The predicted octanol–water partition coefficient (Wildman–Crippen LogP) is 0.489. The third-order valence-corrected chi connectivity index (χ3v) is 3.03. The van der Waals surface area contributed by atoms with Crippen molar-refractivity contribution in [2.75, 3.05) is 24.9 Å².